The normalized spacial score (nSPS) is 16.3. The van der Waals surface area contributed by atoms with E-state index in [1.807, 2.05) is 26.8 Å². The molecule has 0 spiro atoms. The molecule has 4 nitrogen and oxygen atoms in total. The lowest BCUT2D eigenvalue weighted by Crippen LogP contribution is -2.42. The van der Waals surface area contributed by atoms with E-state index in [1.165, 1.54) is 6.07 Å². The molecule has 0 bridgehead atoms. The second kappa shape index (κ2) is 7.51. The van der Waals surface area contributed by atoms with Crippen LogP contribution in [0.25, 0.3) is 0 Å². The summed E-state index contributed by atoms with van der Waals surface area (Å²) in [4.78, 5) is 13.8. The van der Waals surface area contributed by atoms with E-state index in [0.29, 0.717) is 31.2 Å². The summed E-state index contributed by atoms with van der Waals surface area (Å²) in [6.45, 7) is 7.66. The predicted octanol–water partition coefficient (Wildman–Crippen LogP) is 4.65. The Kier molecular flexibility index (Phi) is 5.89. The molecular formula is C17H24BrFN2O2. The van der Waals surface area contributed by atoms with Crippen LogP contribution in [0, 0.1) is 11.7 Å². The van der Waals surface area contributed by atoms with Gasteiger partial charge in [-0.2, -0.15) is 0 Å². The first-order valence-corrected chi connectivity index (χ1v) is 8.71. The Labute approximate surface area is 145 Å². The van der Waals surface area contributed by atoms with E-state index in [2.05, 4.69) is 21.2 Å². The highest BCUT2D eigenvalue weighted by Gasteiger charge is 2.26. The standard InChI is InChI=1S/C17H24BrFN2O2/c1-17(2,3)23-16(22)21-9-7-12(8-10-21)11-20-15-13(18)5-4-6-14(15)19/h4-6,12,20H,7-11H2,1-3H3. The van der Waals surface area contributed by atoms with Crippen molar-refractivity contribution in [2.75, 3.05) is 25.0 Å². The van der Waals surface area contributed by atoms with Gasteiger partial charge in [0.05, 0.1) is 5.69 Å². The second-order valence-electron chi connectivity index (χ2n) is 6.89. The average Bonchev–Trinajstić information content (AvgIpc) is 2.45. The van der Waals surface area contributed by atoms with Gasteiger partial charge in [0.1, 0.15) is 11.4 Å². The zero-order valence-corrected chi connectivity index (χ0v) is 15.5. The van der Waals surface area contributed by atoms with Gasteiger partial charge < -0.3 is 15.0 Å². The number of nitrogens with one attached hydrogen (secondary N) is 1. The van der Waals surface area contributed by atoms with Gasteiger partial charge in [0.25, 0.3) is 0 Å². The lowest BCUT2D eigenvalue weighted by Gasteiger charge is -2.33. The molecule has 1 fully saturated rings. The number of nitrogens with zero attached hydrogens (tertiary/aromatic N) is 1. The number of amides is 1. The van der Waals surface area contributed by atoms with Gasteiger partial charge >= 0.3 is 6.09 Å². The number of piperidine rings is 1. The van der Waals surface area contributed by atoms with Crippen molar-refractivity contribution in [1.82, 2.24) is 4.90 Å². The number of ether oxygens (including phenoxy) is 1. The predicted molar refractivity (Wildman–Crippen MR) is 93.1 cm³/mol. The maximum absolute atomic E-state index is 13.8. The summed E-state index contributed by atoms with van der Waals surface area (Å²) >= 11 is 3.36. The van der Waals surface area contributed by atoms with Gasteiger partial charge in [-0.3, -0.25) is 0 Å². The summed E-state index contributed by atoms with van der Waals surface area (Å²) in [6, 6.07) is 4.93. The highest BCUT2D eigenvalue weighted by Crippen LogP contribution is 2.27. The minimum absolute atomic E-state index is 0.249. The van der Waals surface area contributed by atoms with Crippen molar-refractivity contribution in [1.29, 1.82) is 0 Å². The molecule has 1 aliphatic heterocycles. The maximum atomic E-state index is 13.8. The summed E-state index contributed by atoms with van der Waals surface area (Å²) in [5.41, 5.74) is 0.0362. The monoisotopic (exact) mass is 386 g/mol. The quantitative estimate of drug-likeness (QED) is 0.821. The van der Waals surface area contributed by atoms with Crippen molar-refractivity contribution in [2.24, 2.45) is 5.92 Å². The van der Waals surface area contributed by atoms with Crippen molar-refractivity contribution in [3.8, 4) is 0 Å². The lowest BCUT2D eigenvalue weighted by atomic mass is 9.97. The van der Waals surface area contributed by atoms with Crippen LogP contribution >= 0.6 is 15.9 Å². The van der Waals surface area contributed by atoms with E-state index >= 15 is 0 Å². The number of halogens is 2. The first-order valence-electron chi connectivity index (χ1n) is 7.92. The van der Waals surface area contributed by atoms with Gasteiger partial charge in [0.15, 0.2) is 0 Å². The molecule has 1 aliphatic rings. The molecule has 0 unspecified atom stereocenters. The minimum Gasteiger partial charge on any atom is -0.444 e. The van der Waals surface area contributed by atoms with Crippen molar-refractivity contribution in [3.63, 3.8) is 0 Å². The Morgan fingerprint density at radius 2 is 2.04 bits per heavy atom. The molecular weight excluding hydrogens is 363 g/mol. The van der Waals surface area contributed by atoms with E-state index < -0.39 is 5.60 Å². The Bertz CT molecular complexity index is 532. The zero-order valence-electron chi connectivity index (χ0n) is 13.9. The van der Waals surface area contributed by atoms with Crippen LogP contribution in [0.5, 0.6) is 0 Å². The molecule has 1 aromatic rings. The maximum Gasteiger partial charge on any atom is 0.410 e. The van der Waals surface area contributed by atoms with Crippen LogP contribution in [0.4, 0.5) is 14.9 Å². The summed E-state index contributed by atoms with van der Waals surface area (Å²) in [5, 5.41) is 3.18. The van der Waals surface area contributed by atoms with Crippen molar-refractivity contribution < 1.29 is 13.9 Å². The van der Waals surface area contributed by atoms with Crippen molar-refractivity contribution in [3.05, 3.63) is 28.5 Å². The van der Waals surface area contributed by atoms with E-state index in [-0.39, 0.29) is 11.9 Å². The van der Waals surface area contributed by atoms with Crippen LogP contribution in [-0.4, -0.2) is 36.2 Å². The molecule has 1 saturated heterocycles. The van der Waals surface area contributed by atoms with Crippen LogP contribution in [0.2, 0.25) is 0 Å². The van der Waals surface area contributed by atoms with E-state index in [0.717, 1.165) is 17.3 Å². The number of carbonyl (C=O) groups is 1. The van der Waals surface area contributed by atoms with Gasteiger partial charge in [0.2, 0.25) is 0 Å². The summed E-state index contributed by atoms with van der Waals surface area (Å²) < 4.78 is 19.9. The molecule has 1 heterocycles. The molecule has 2 rings (SSSR count). The van der Waals surface area contributed by atoms with E-state index in [1.54, 1.807) is 11.0 Å². The molecule has 0 aromatic heterocycles. The number of para-hydroxylation sites is 1. The number of rotatable bonds is 3. The Morgan fingerprint density at radius 1 is 1.39 bits per heavy atom. The molecule has 1 N–H and O–H groups in total. The van der Waals surface area contributed by atoms with Gasteiger partial charge in [-0.25, -0.2) is 9.18 Å². The van der Waals surface area contributed by atoms with Gasteiger partial charge in [-0.15, -0.1) is 0 Å². The van der Waals surface area contributed by atoms with Crippen molar-refractivity contribution in [2.45, 2.75) is 39.2 Å². The summed E-state index contributed by atoms with van der Waals surface area (Å²) in [6.07, 6.45) is 1.53. The van der Waals surface area contributed by atoms with Crippen molar-refractivity contribution >= 4 is 27.7 Å². The molecule has 23 heavy (non-hydrogen) atoms. The minimum atomic E-state index is -0.466. The fourth-order valence-electron chi connectivity index (χ4n) is 2.56. The Hall–Kier alpha value is -1.30. The lowest BCUT2D eigenvalue weighted by molar-refractivity contribution is 0.0188. The number of anilines is 1. The summed E-state index contributed by atoms with van der Waals surface area (Å²) in [7, 11) is 0. The first-order chi connectivity index (χ1) is 10.8. The first kappa shape index (κ1) is 18.0. The zero-order chi connectivity index (χ0) is 17.0. The SMILES string of the molecule is CC(C)(C)OC(=O)N1CCC(CNc2c(F)cccc2Br)CC1. The third-order valence-corrected chi connectivity index (χ3v) is 4.46. The third kappa shape index (κ3) is 5.37. The average molecular weight is 387 g/mol. The smallest absolute Gasteiger partial charge is 0.410 e. The largest absolute Gasteiger partial charge is 0.444 e. The molecule has 0 saturated carbocycles. The van der Waals surface area contributed by atoms with E-state index in [9.17, 15) is 9.18 Å². The molecule has 6 heteroatoms. The van der Waals surface area contributed by atoms with Crippen LogP contribution in [0.1, 0.15) is 33.6 Å². The molecule has 0 aliphatic carbocycles. The fourth-order valence-corrected chi connectivity index (χ4v) is 3.04. The molecule has 0 radical (unpaired) electrons. The number of hydrogen-bond acceptors (Lipinski definition) is 3. The fraction of sp³-hybridized carbons (Fsp3) is 0.588. The third-order valence-electron chi connectivity index (χ3n) is 3.80. The number of carbonyl (C=O) groups excluding carboxylic acids is 1. The Balaban J connectivity index is 1.80. The van der Waals surface area contributed by atoms with Gasteiger partial charge in [-0.05, 0) is 67.6 Å². The summed E-state index contributed by atoms with van der Waals surface area (Å²) in [5.74, 6) is 0.158. The van der Waals surface area contributed by atoms with Gasteiger partial charge in [0, 0.05) is 24.1 Å². The van der Waals surface area contributed by atoms with E-state index in [4.69, 9.17) is 4.74 Å². The van der Waals surface area contributed by atoms with Gasteiger partial charge in [-0.1, -0.05) is 6.07 Å². The van der Waals surface area contributed by atoms with Crippen LogP contribution in [0.3, 0.4) is 0 Å². The number of hydrogen-bond donors (Lipinski definition) is 1. The Morgan fingerprint density at radius 3 is 2.61 bits per heavy atom. The number of benzene rings is 1. The number of likely N-dealkylation sites (tertiary alicyclic amines) is 1. The topological polar surface area (TPSA) is 41.6 Å². The second-order valence-corrected chi connectivity index (χ2v) is 7.74. The molecule has 128 valence electrons. The van der Waals surface area contributed by atoms with Crippen LogP contribution < -0.4 is 5.32 Å². The molecule has 1 aromatic carbocycles. The molecule has 1 amide bonds. The van der Waals surface area contributed by atoms with Crippen LogP contribution in [-0.2, 0) is 4.74 Å². The van der Waals surface area contributed by atoms with Crippen LogP contribution in [0.15, 0.2) is 22.7 Å². The highest BCUT2D eigenvalue weighted by molar-refractivity contribution is 9.10. The highest BCUT2D eigenvalue weighted by atomic mass is 79.9. The molecule has 0 atom stereocenters.